The molecule has 2 rings (SSSR count). The lowest BCUT2D eigenvalue weighted by Gasteiger charge is -2.15. The Morgan fingerprint density at radius 1 is 1.53 bits per heavy atom. The highest BCUT2D eigenvalue weighted by molar-refractivity contribution is 9.10. The second-order valence-corrected chi connectivity index (χ2v) is 5.55. The Bertz CT molecular complexity index is 415. The lowest BCUT2D eigenvalue weighted by Crippen LogP contribution is -2.26. The first kappa shape index (κ1) is 11.3. The zero-order valence-corrected chi connectivity index (χ0v) is 11.4. The van der Waals surface area contributed by atoms with Gasteiger partial charge in [0.25, 0.3) is 0 Å². The summed E-state index contributed by atoms with van der Waals surface area (Å²) in [7, 11) is 0. The van der Waals surface area contributed by atoms with Crippen molar-refractivity contribution in [3.05, 3.63) is 16.0 Å². The van der Waals surface area contributed by atoms with Gasteiger partial charge in [-0.3, -0.25) is 9.69 Å². The topological polar surface area (TPSA) is 46.1 Å². The molecule has 1 aliphatic heterocycles. The van der Waals surface area contributed by atoms with Crippen molar-refractivity contribution in [1.82, 2.24) is 9.97 Å². The molecular weight excluding hydrogens is 349 g/mol. The molecule has 15 heavy (non-hydrogen) atoms. The summed E-state index contributed by atoms with van der Waals surface area (Å²) in [6.07, 6.45) is 1.82. The van der Waals surface area contributed by atoms with E-state index < -0.39 is 0 Å². The van der Waals surface area contributed by atoms with E-state index in [1.807, 2.05) is 0 Å². The van der Waals surface area contributed by atoms with Crippen LogP contribution in [0.25, 0.3) is 0 Å². The van der Waals surface area contributed by atoms with Gasteiger partial charge in [-0.1, -0.05) is 27.5 Å². The van der Waals surface area contributed by atoms with Gasteiger partial charge in [0.15, 0.2) is 5.82 Å². The second kappa shape index (κ2) is 4.35. The Balaban J connectivity index is 2.38. The number of hydrogen-bond acceptors (Lipinski definition) is 3. The smallest absolute Gasteiger partial charge is 0.229 e. The third kappa shape index (κ3) is 2.16. The number of rotatable bonds is 1. The molecule has 1 atom stereocenters. The summed E-state index contributed by atoms with van der Waals surface area (Å²) in [4.78, 5) is 21.2. The first-order chi connectivity index (χ1) is 7.09. The number of aromatic nitrogens is 2. The maximum Gasteiger partial charge on any atom is 0.229 e. The fourth-order valence-electron chi connectivity index (χ4n) is 1.40. The average Bonchev–Trinajstić information content (AvgIpc) is 2.50. The van der Waals surface area contributed by atoms with E-state index in [1.165, 1.54) is 6.33 Å². The number of carbonyl (C=O) groups excluding carboxylic acids is 1. The van der Waals surface area contributed by atoms with Crippen molar-refractivity contribution in [1.29, 1.82) is 0 Å². The van der Waals surface area contributed by atoms with E-state index in [-0.39, 0.29) is 10.7 Å². The summed E-state index contributed by atoms with van der Waals surface area (Å²) in [5, 5.41) is 0.311. The summed E-state index contributed by atoms with van der Waals surface area (Å²) in [5.74, 6) is 0.564. The van der Waals surface area contributed by atoms with Crippen LogP contribution in [-0.2, 0) is 4.79 Å². The van der Waals surface area contributed by atoms with Crippen molar-refractivity contribution in [2.45, 2.75) is 11.2 Å². The number of carbonyl (C=O) groups is 1. The predicted molar refractivity (Wildman–Crippen MR) is 64.4 cm³/mol. The van der Waals surface area contributed by atoms with Crippen molar-refractivity contribution in [2.24, 2.45) is 0 Å². The summed E-state index contributed by atoms with van der Waals surface area (Å²) < 4.78 is 0.557. The molecule has 1 saturated heterocycles. The molecule has 1 aliphatic rings. The quantitative estimate of drug-likeness (QED) is 0.574. The van der Waals surface area contributed by atoms with Gasteiger partial charge in [0.2, 0.25) is 5.91 Å². The fourth-order valence-corrected chi connectivity index (χ4v) is 2.51. The molecule has 1 unspecified atom stereocenters. The van der Waals surface area contributed by atoms with E-state index in [9.17, 15) is 4.79 Å². The predicted octanol–water partition coefficient (Wildman–Crippen LogP) is 2.39. The number of hydrogen-bond donors (Lipinski definition) is 0. The number of anilines is 1. The SMILES string of the molecule is O=C1CC(Br)CN1c1ncnc(Cl)c1Br. The molecule has 1 aromatic rings. The van der Waals surface area contributed by atoms with Crippen molar-refractivity contribution in [3.63, 3.8) is 0 Å². The van der Waals surface area contributed by atoms with Crippen molar-refractivity contribution in [2.75, 3.05) is 11.4 Å². The average molecular weight is 355 g/mol. The van der Waals surface area contributed by atoms with Gasteiger partial charge < -0.3 is 0 Å². The number of amides is 1. The molecule has 7 heteroatoms. The van der Waals surface area contributed by atoms with Crippen LogP contribution in [0.15, 0.2) is 10.8 Å². The molecule has 4 nitrogen and oxygen atoms in total. The van der Waals surface area contributed by atoms with Gasteiger partial charge in [-0.25, -0.2) is 9.97 Å². The van der Waals surface area contributed by atoms with E-state index in [0.29, 0.717) is 28.4 Å². The molecule has 1 amide bonds. The highest BCUT2D eigenvalue weighted by Crippen LogP contribution is 2.32. The lowest BCUT2D eigenvalue weighted by molar-refractivity contribution is -0.117. The molecule has 80 valence electrons. The highest BCUT2D eigenvalue weighted by atomic mass is 79.9. The van der Waals surface area contributed by atoms with Gasteiger partial charge in [0.05, 0.1) is 4.47 Å². The van der Waals surface area contributed by atoms with E-state index in [1.54, 1.807) is 4.90 Å². The van der Waals surface area contributed by atoms with Crippen LogP contribution in [0.2, 0.25) is 5.15 Å². The fraction of sp³-hybridized carbons (Fsp3) is 0.375. The molecule has 0 aliphatic carbocycles. The molecule has 1 fully saturated rings. The number of nitrogens with zero attached hydrogens (tertiary/aromatic N) is 3. The van der Waals surface area contributed by atoms with Crippen LogP contribution in [-0.4, -0.2) is 27.2 Å². The molecule has 0 N–H and O–H groups in total. The maximum absolute atomic E-state index is 11.6. The zero-order valence-electron chi connectivity index (χ0n) is 7.45. The van der Waals surface area contributed by atoms with Crippen molar-refractivity contribution < 1.29 is 4.79 Å². The summed E-state index contributed by atoms with van der Waals surface area (Å²) >= 11 is 12.5. The number of halogens is 3. The van der Waals surface area contributed by atoms with E-state index in [4.69, 9.17) is 11.6 Å². The lowest BCUT2D eigenvalue weighted by atomic mass is 10.4. The Morgan fingerprint density at radius 2 is 2.27 bits per heavy atom. The highest BCUT2D eigenvalue weighted by Gasteiger charge is 2.31. The first-order valence-corrected chi connectivity index (χ1v) is 6.28. The van der Waals surface area contributed by atoms with Gasteiger partial charge in [-0.15, -0.1) is 0 Å². The Labute approximate surface area is 108 Å². The summed E-state index contributed by atoms with van der Waals surface area (Å²) in [6, 6.07) is 0. The van der Waals surface area contributed by atoms with Crippen molar-refractivity contribution in [3.8, 4) is 0 Å². The first-order valence-electron chi connectivity index (χ1n) is 4.20. The van der Waals surface area contributed by atoms with Gasteiger partial charge in [-0.05, 0) is 15.9 Å². The van der Waals surface area contributed by atoms with Crippen LogP contribution >= 0.6 is 43.5 Å². The number of alkyl halides is 1. The normalized spacial score (nSPS) is 21.1. The second-order valence-electron chi connectivity index (χ2n) is 3.11. The van der Waals surface area contributed by atoms with E-state index in [0.717, 1.165) is 0 Å². The van der Waals surface area contributed by atoms with Crippen LogP contribution in [0.4, 0.5) is 5.82 Å². The van der Waals surface area contributed by atoms with E-state index >= 15 is 0 Å². The Hall–Kier alpha value is -0.200. The maximum atomic E-state index is 11.6. The van der Waals surface area contributed by atoms with Gasteiger partial charge in [-0.2, -0.15) is 0 Å². The summed E-state index contributed by atoms with van der Waals surface area (Å²) in [5.41, 5.74) is 0. The molecule has 0 aromatic carbocycles. The largest absolute Gasteiger partial charge is 0.295 e. The molecule has 0 spiro atoms. The molecule has 2 heterocycles. The Morgan fingerprint density at radius 3 is 2.87 bits per heavy atom. The molecule has 1 aromatic heterocycles. The van der Waals surface area contributed by atoms with Gasteiger partial charge in [0, 0.05) is 17.8 Å². The van der Waals surface area contributed by atoms with Gasteiger partial charge in [0.1, 0.15) is 11.5 Å². The molecular formula is C8H6Br2ClN3O. The van der Waals surface area contributed by atoms with Gasteiger partial charge >= 0.3 is 0 Å². The van der Waals surface area contributed by atoms with Crippen LogP contribution in [0.5, 0.6) is 0 Å². The van der Waals surface area contributed by atoms with Crippen LogP contribution in [0, 0.1) is 0 Å². The van der Waals surface area contributed by atoms with Crippen LogP contribution in [0.3, 0.4) is 0 Å². The molecule has 0 radical (unpaired) electrons. The zero-order chi connectivity index (χ0) is 11.0. The summed E-state index contributed by atoms with van der Waals surface area (Å²) in [6.45, 7) is 0.602. The minimum Gasteiger partial charge on any atom is -0.295 e. The third-order valence-electron chi connectivity index (χ3n) is 2.06. The monoisotopic (exact) mass is 353 g/mol. The molecule has 0 saturated carbocycles. The Kier molecular flexibility index (Phi) is 3.27. The van der Waals surface area contributed by atoms with Crippen LogP contribution < -0.4 is 4.90 Å². The van der Waals surface area contributed by atoms with E-state index in [2.05, 4.69) is 41.8 Å². The molecule has 0 bridgehead atoms. The van der Waals surface area contributed by atoms with Crippen molar-refractivity contribution >= 4 is 55.2 Å². The minimum atomic E-state index is 0.0346. The van der Waals surface area contributed by atoms with Crippen LogP contribution in [0.1, 0.15) is 6.42 Å². The standard InChI is InChI=1S/C8H6Br2ClN3O/c9-4-1-5(15)14(2-4)8-6(10)7(11)12-3-13-8/h3-4H,1-2H2. The third-order valence-corrected chi connectivity index (χ3v) is 3.92. The minimum absolute atomic E-state index is 0.0346.